The molecule has 0 atom stereocenters. The summed E-state index contributed by atoms with van der Waals surface area (Å²) in [6.07, 6.45) is 0. The smallest absolute Gasteiger partial charge is 0.252 e. The highest BCUT2D eigenvalue weighted by Gasteiger charge is 2.12. The monoisotopic (exact) mass is 318 g/mol. The predicted molar refractivity (Wildman–Crippen MR) is 76.5 cm³/mol. The van der Waals surface area contributed by atoms with E-state index in [9.17, 15) is 0 Å². The largest absolute Gasteiger partial charge is 0.422 e. The van der Waals surface area contributed by atoms with Gasteiger partial charge in [-0.3, -0.25) is 0 Å². The average molecular weight is 319 g/mol. The van der Waals surface area contributed by atoms with E-state index in [2.05, 4.69) is 36.2 Å². The number of fused-ring (bicyclic) bond motifs is 1. The number of nitrogens with zero attached hydrogens (tertiary/aromatic N) is 3. The van der Waals surface area contributed by atoms with Crippen molar-refractivity contribution in [3.05, 3.63) is 40.5 Å². The molecule has 2 heterocycles. The van der Waals surface area contributed by atoms with Crippen molar-refractivity contribution in [1.29, 1.82) is 0 Å². The maximum atomic E-state index is 5.44. The lowest BCUT2D eigenvalue weighted by Gasteiger charge is -2.06. The number of oxazole rings is 1. The van der Waals surface area contributed by atoms with E-state index in [0.29, 0.717) is 28.8 Å². The standard InChI is InChI=1S/C13H11BrN4O/c1-7-15-12(11-13(16-7)19-8(2)17-11)18-10-5-3-4-9(14)6-10/h3-6H,1-2H3,(H,15,16,18). The number of nitrogens with one attached hydrogen (secondary N) is 1. The molecule has 0 aliphatic rings. The van der Waals surface area contributed by atoms with E-state index in [0.717, 1.165) is 10.2 Å². The van der Waals surface area contributed by atoms with Gasteiger partial charge in [-0.25, -0.2) is 9.97 Å². The quantitative estimate of drug-likeness (QED) is 0.779. The molecule has 19 heavy (non-hydrogen) atoms. The van der Waals surface area contributed by atoms with Gasteiger partial charge < -0.3 is 9.73 Å². The fraction of sp³-hybridized carbons (Fsp3) is 0.154. The molecule has 1 N–H and O–H groups in total. The zero-order valence-corrected chi connectivity index (χ0v) is 12.0. The molecular weight excluding hydrogens is 308 g/mol. The first-order valence-electron chi connectivity index (χ1n) is 5.76. The van der Waals surface area contributed by atoms with Crippen LogP contribution in [0.2, 0.25) is 0 Å². The fourth-order valence-electron chi connectivity index (χ4n) is 1.82. The molecule has 3 aromatic rings. The van der Waals surface area contributed by atoms with E-state index in [4.69, 9.17) is 4.42 Å². The van der Waals surface area contributed by atoms with Crippen LogP contribution in [0.25, 0.3) is 11.2 Å². The van der Waals surface area contributed by atoms with Gasteiger partial charge in [-0.1, -0.05) is 22.0 Å². The van der Waals surface area contributed by atoms with Gasteiger partial charge in [-0.2, -0.15) is 4.98 Å². The lowest BCUT2D eigenvalue weighted by molar-refractivity contribution is 0.550. The summed E-state index contributed by atoms with van der Waals surface area (Å²) in [4.78, 5) is 12.9. The zero-order valence-electron chi connectivity index (χ0n) is 10.4. The number of aryl methyl sites for hydroxylation is 2. The van der Waals surface area contributed by atoms with E-state index >= 15 is 0 Å². The highest BCUT2D eigenvalue weighted by molar-refractivity contribution is 9.10. The fourth-order valence-corrected chi connectivity index (χ4v) is 2.22. The summed E-state index contributed by atoms with van der Waals surface area (Å²) in [6, 6.07) is 7.84. The molecule has 0 saturated heterocycles. The Morgan fingerprint density at radius 3 is 2.79 bits per heavy atom. The Kier molecular flexibility index (Phi) is 2.94. The van der Waals surface area contributed by atoms with Gasteiger partial charge in [-0.15, -0.1) is 0 Å². The van der Waals surface area contributed by atoms with Crippen LogP contribution in [0.4, 0.5) is 11.5 Å². The number of halogens is 1. The van der Waals surface area contributed by atoms with Crippen molar-refractivity contribution in [3.63, 3.8) is 0 Å². The van der Waals surface area contributed by atoms with E-state index in [1.807, 2.05) is 31.2 Å². The second kappa shape index (κ2) is 4.62. The van der Waals surface area contributed by atoms with Crippen LogP contribution in [-0.2, 0) is 0 Å². The molecule has 0 radical (unpaired) electrons. The minimum atomic E-state index is 0.502. The van der Waals surface area contributed by atoms with Crippen molar-refractivity contribution in [3.8, 4) is 0 Å². The first-order valence-corrected chi connectivity index (χ1v) is 6.55. The molecule has 2 aromatic heterocycles. The molecule has 5 nitrogen and oxygen atoms in total. The summed E-state index contributed by atoms with van der Waals surface area (Å²) in [6.45, 7) is 3.61. The zero-order chi connectivity index (χ0) is 13.4. The third-order valence-corrected chi connectivity index (χ3v) is 3.06. The molecule has 0 fully saturated rings. The highest BCUT2D eigenvalue weighted by atomic mass is 79.9. The number of hydrogen-bond donors (Lipinski definition) is 1. The predicted octanol–water partition coefficient (Wildman–Crippen LogP) is 3.74. The van der Waals surface area contributed by atoms with Gasteiger partial charge in [-0.05, 0) is 25.1 Å². The van der Waals surface area contributed by atoms with Crippen molar-refractivity contribution < 1.29 is 4.42 Å². The normalized spacial score (nSPS) is 10.9. The van der Waals surface area contributed by atoms with Gasteiger partial charge in [0, 0.05) is 17.1 Å². The highest BCUT2D eigenvalue weighted by Crippen LogP contribution is 2.25. The number of hydrogen-bond acceptors (Lipinski definition) is 5. The molecule has 1 aromatic carbocycles. The summed E-state index contributed by atoms with van der Waals surface area (Å²) in [5, 5.41) is 3.24. The summed E-state index contributed by atoms with van der Waals surface area (Å²) < 4.78 is 6.44. The Morgan fingerprint density at radius 2 is 2.00 bits per heavy atom. The second-order valence-corrected chi connectivity index (χ2v) is 5.06. The maximum absolute atomic E-state index is 5.44. The van der Waals surface area contributed by atoms with Crippen molar-refractivity contribution >= 4 is 38.7 Å². The molecule has 0 unspecified atom stereocenters. The van der Waals surface area contributed by atoms with Crippen LogP contribution < -0.4 is 5.32 Å². The van der Waals surface area contributed by atoms with Crippen LogP contribution in [0.1, 0.15) is 11.7 Å². The first-order chi connectivity index (χ1) is 9.11. The summed E-state index contributed by atoms with van der Waals surface area (Å²) in [5.41, 5.74) is 2.07. The Hall–Kier alpha value is -1.95. The van der Waals surface area contributed by atoms with Gasteiger partial charge in [0.2, 0.25) is 0 Å². The molecular formula is C13H11BrN4O. The Balaban J connectivity index is 2.09. The van der Waals surface area contributed by atoms with Crippen LogP contribution in [0.15, 0.2) is 33.2 Å². The summed E-state index contributed by atoms with van der Waals surface area (Å²) in [5.74, 6) is 1.87. The van der Waals surface area contributed by atoms with Crippen LogP contribution in [0, 0.1) is 13.8 Å². The third-order valence-electron chi connectivity index (χ3n) is 2.56. The average Bonchev–Trinajstić information content (AvgIpc) is 2.69. The van der Waals surface area contributed by atoms with Crippen molar-refractivity contribution in [2.75, 3.05) is 5.32 Å². The summed E-state index contributed by atoms with van der Waals surface area (Å²) in [7, 11) is 0. The van der Waals surface area contributed by atoms with E-state index in [1.165, 1.54) is 0 Å². The van der Waals surface area contributed by atoms with Gasteiger partial charge in [0.25, 0.3) is 5.71 Å². The number of anilines is 2. The third kappa shape index (κ3) is 2.44. The molecule has 0 amide bonds. The minimum Gasteiger partial charge on any atom is -0.422 e. The van der Waals surface area contributed by atoms with Crippen LogP contribution >= 0.6 is 15.9 Å². The lowest BCUT2D eigenvalue weighted by Crippen LogP contribution is -1.98. The van der Waals surface area contributed by atoms with E-state index in [1.54, 1.807) is 6.92 Å². The van der Waals surface area contributed by atoms with Crippen molar-refractivity contribution in [2.24, 2.45) is 0 Å². The number of aromatic nitrogens is 3. The van der Waals surface area contributed by atoms with E-state index < -0.39 is 0 Å². The summed E-state index contributed by atoms with van der Waals surface area (Å²) >= 11 is 3.44. The SMILES string of the molecule is Cc1nc(Nc2cccc(Br)c2)c2nc(C)oc2n1. The molecule has 0 saturated carbocycles. The second-order valence-electron chi connectivity index (χ2n) is 4.14. The Morgan fingerprint density at radius 1 is 1.16 bits per heavy atom. The lowest BCUT2D eigenvalue weighted by atomic mass is 10.3. The van der Waals surface area contributed by atoms with Crippen LogP contribution in [0.3, 0.4) is 0 Å². The van der Waals surface area contributed by atoms with Crippen LogP contribution in [-0.4, -0.2) is 15.0 Å². The molecule has 96 valence electrons. The van der Waals surface area contributed by atoms with Gasteiger partial charge in [0.15, 0.2) is 17.2 Å². The Bertz CT molecular complexity index is 753. The topological polar surface area (TPSA) is 63.8 Å². The van der Waals surface area contributed by atoms with Crippen molar-refractivity contribution in [2.45, 2.75) is 13.8 Å². The number of benzene rings is 1. The molecule has 0 bridgehead atoms. The molecule has 0 aliphatic heterocycles. The van der Waals surface area contributed by atoms with Gasteiger partial charge in [0.05, 0.1) is 0 Å². The van der Waals surface area contributed by atoms with Crippen LogP contribution in [0.5, 0.6) is 0 Å². The molecule has 6 heteroatoms. The number of rotatable bonds is 2. The Labute approximate surface area is 118 Å². The first kappa shape index (κ1) is 12.1. The molecule has 0 spiro atoms. The van der Waals surface area contributed by atoms with Gasteiger partial charge >= 0.3 is 0 Å². The van der Waals surface area contributed by atoms with Crippen molar-refractivity contribution in [1.82, 2.24) is 15.0 Å². The molecule has 3 rings (SSSR count). The van der Waals surface area contributed by atoms with E-state index in [-0.39, 0.29) is 0 Å². The molecule has 0 aliphatic carbocycles. The van der Waals surface area contributed by atoms with Gasteiger partial charge in [0.1, 0.15) is 5.82 Å². The minimum absolute atomic E-state index is 0.502. The maximum Gasteiger partial charge on any atom is 0.252 e.